The molecule has 1 aliphatic heterocycles. The van der Waals surface area contributed by atoms with Crippen LogP contribution in [0.25, 0.3) is 11.0 Å². The van der Waals surface area contributed by atoms with Crippen molar-refractivity contribution < 1.29 is 18.7 Å². The van der Waals surface area contributed by atoms with Gasteiger partial charge in [0.25, 0.3) is 11.8 Å². The van der Waals surface area contributed by atoms with Crippen LogP contribution in [0.5, 0.6) is 5.75 Å². The minimum atomic E-state index is -0.543. The van der Waals surface area contributed by atoms with Crippen LogP contribution in [0.2, 0.25) is 0 Å². The molecule has 1 aromatic heterocycles. The lowest BCUT2D eigenvalue weighted by molar-refractivity contribution is -0.120. The van der Waals surface area contributed by atoms with E-state index in [-0.39, 0.29) is 23.7 Å². The molecule has 28 heavy (non-hydrogen) atoms. The van der Waals surface area contributed by atoms with Crippen LogP contribution in [0.4, 0.5) is 11.4 Å². The average Bonchev–Trinajstić information content (AvgIpc) is 2.70. The van der Waals surface area contributed by atoms with E-state index in [4.69, 9.17) is 9.15 Å². The highest BCUT2D eigenvalue weighted by Gasteiger charge is 2.23. The number of likely N-dealkylation sites (N-methyl/N-ethyl adjacent to an activating group) is 1. The summed E-state index contributed by atoms with van der Waals surface area (Å²) in [6.45, 7) is 1.95. The first-order chi connectivity index (χ1) is 13.5. The molecule has 0 spiro atoms. The molecule has 4 rings (SSSR count). The molecule has 1 aliphatic rings. The molecule has 7 nitrogen and oxygen atoms in total. The van der Waals surface area contributed by atoms with Crippen LogP contribution < -0.4 is 20.4 Å². The lowest BCUT2D eigenvalue weighted by Gasteiger charge is -2.26. The molecule has 1 N–H and O–H groups in total. The maximum absolute atomic E-state index is 12.6. The Morgan fingerprint density at radius 2 is 1.96 bits per heavy atom. The molecule has 7 heteroatoms. The van der Waals surface area contributed by atoms with Crippen molar-refractivity contribution in [3.05, 3.63) is 64.0 Å². The molecular weight excluding hydrogens is 360 g/mol. The lowest BCUT2D eigenvalue weighted by Crippen LogP contribution is -2.35. The number of carbonyl (C=O) groups excluding carboxylic acids is 2. The Bertz CT molecular complexity index is 1170. The molecule has 2 heterocycles. The Morgan fingerprint density at radius 1 is 1.14 bits per heavy atom. The van der Waals surface area contributed by atoms with Gasteiger partial charge in [-0.05, 0) is 36.2 Å². The first-order valence-corrected chi connectivity index (χ1v) is 8.88. The minimum Gasteiger partial charge on any atom is -0.481 e. The second-order valence-electron chi connectivity index (χ2n) is 6.54. The van der Waals surface area contributed by atoms with Gasteiger partial charge < -0.3 is 19.4 Å². The summed E-state index contributed by atoms with van der Waals surface area (Å²) < 4.78 is 11.0. The number of rotatable bonds is 3. The Labute approximate surface area is 160 Å². The highest BCUT2D eigenvalue weighted by atomic mass is 16.5. The Morgan fingerprint density at radius 3 is 2.75 bits per heavy atom. The molecule has 2 aromatic carbocycles. The van der Waals surface area contributed by atoms with Crippen molar-refractivity contribution in [2.24, 2.45) is 0 Å². The number of anilines is 2. The predicted molar refractivity (Wildman–Crippen MR) is 105 cm³/mol. The quantitative estimate of drug-likeness (QED) is 0.757. The molecule has 0 fully saturated rings. The fraction of sp³-hybridized carbons (Fsp3) is 0.190. The highest BCUT2D eigenvalue weighted by molar-refractivity contribution is 6.04. The van der Waals surface area contributed by atoms with E-state index in [9.17, 15) is 14.4 Å². The summed E-state index contributed by atoms with van der Waals surface area (Å²) in [6, 6.07) is 11.5. The van der Waals surface area contributed by atoms with Crippen molar-refractivity contribution in [2.45, 2.75) is 13.3 Å². The first kappa shape index (κ1) is 17.8. The second-order valence-corrected chi connectivity index (χ2v) is 6.54. The number of aryl methyl sites for hydroxylation is 1. The molecule has 0 atom stereocenters. The average molecular weight is 378 g/mol. The van der Waals surface area contributed by atoms with E-state index in [0.717, 1.165) is 12.0 Å². The van der Waals surface area contributed by atoms with Crippen LogP contribution in [0, 0.1) is 0 Å². The monoisotopic (exact) mass is 378 g/mol. The lowest BCUT2D eigenvalue weighted by atomic mass is 10.1. The summed E-state index contributed by atoms with van der Waals surface area (Å²) in [7, 11) is 1.66. The van der Waals surface area contributed by atoms with Gasteiger partial charge in [-0.2, -0.15) is 0 Å². The van der Waals surface area contributed by atoms with Crippen molar-refractivity contribution in [3.63, 3.8) is 0 Å². The molecule has 0 bridgehead atoms. The van der Waals surface area contributed by atoms with E-state index in [1.54, 1.807) is 37.4 Å². The fourth-order valence-corrected chi connectivity index (χ4v) is 3.08. The zero-order valence-corrected chi connectivity index (χ0v) is 15.4. The number of ether oxygens (including phenoxy) is 1. The maximum atomic E-state index is 12.6. The number of nitrogens with one attached hydrogen (secondary N) is 1. The van der Waals surface area contributed by atoms with Gasteiger partial charge in [0, 0.05) is 24.9 Å². The van der Waals surface area contributed by atoms with Crippen molar-refractivity contribution in [1.29, 1.82) is 0 Å². The van der Waals surface area contributed by atoms with Crippen LogP contribution in [-0.4, -0.2) is 25.5 Å². The zero-order chi connectivity index (χ0) is 19.8. The van der Waals surface area contributed by atoms with Gasteiger partial charge in [-0.3, -0.25) is 14.4 Å². The summed E-state index contributed by atoms with van der Waals surface area (Å²) in [6.07, 6.45) is 0.804. The smallest absolute Gasteiger partial charge is 0.291 e. The van der Waals surface area contributed by atoms with E-state index in [2.05, 4.69) is 5.32 Å². The predicted octanol–water partition coefficient (Wildman–Crippen LogP) is 2.96. The van der Waals surface area contributed by atoms with Crippen molar-refractivity contribution in [2.75, 3.05) is 23.9 Å². The van der Waals surface area contributed by atoms with Gasteiger partial charge in [-0.1, -0.05) is 13.0 Å². The van der Waals surface area contributed by atoms with Gasteiger partial charge in [0.1, 0.15) is 11.3 Å². The van der Waals surface area contributed by atoms with Crippen LogP contribution >= 0.6 is 0 Å². The summed E-state index contributed by atoms with van der Waals surface area (Å²) in [5.41, 5.74) is 2.21. The third-order valence-electron chi connectivity index (χ3n) is 4.73. The Hall–Kier alpha value is -3.61. The van der Waals surface area contributed by atoms with Crippen LogP contribution in [0.3, 0.4) is 0 Å². The Kier molecular flexibility index (Phi) is 4.35. The number of hydrogen-bond acceptors (Lipinski definition) is 5. The SMILES string of the molecule is CCc1ccc2oc(C(=O)Nc3ccc4c(c3)OCC(=O)N4C)cc(=O)c2c1. The standard InChI is InChI=1S/C21H18N2O5/c1-3-12-4-7-17-14(8-12)16(24)10-19(28-17)21(26)22-13-5-6-15-18(9-13)27-11-20(25)23(15)2/h4-10H,3,11H2,1-2H3,(H,22,26). The molecular formula is C21H18N2O5. The second kappa shape index (κ2) is 6.84. The number of fused-ring (bicyclic) bond motifs is 2. The first-order valence-electron chi connectivity index (χ1n) is 8.88. The molecule has 0 saturated carbocycles. The number of carbonyl (C=O) groups is 2. The number of nitrogens with zero attached hydrogens (tertiary/aromatic N) is 1. The normalized spacial score (nSPS) is 13.2. The Balaban J connectivity index is 1.62. The molecule has 0 aliphatic carbocycles. The largest absolute Gasteiger partial charge is 0.481 e. The maximum Gasteiger partial charge on any atom is 0.291 e. The van der Waals surface area contributed by atoms with Gasteiger partial charge in [-0.15, -0.1) is 0 Å². The van der Waals surface area contributed by atoms with E-state index in [1.165, 1.54) is 11.0 Å². The molecule has 0 radical (unpaired) electrons. The van der Waals surface area contributed by atoms with Crippen molar-refractivity contribution >= 4 is 34.2 Å². The van der Waals surface area contributed by atoms with Gasteiger partial charge >= 0.3 is 0 Å². The van der Waals surface area contributed by atoms with E-state index >= 15 is 0 Å². The van der Waals surface area contributed by atoms with Gasteiger partial charge in [0.15, 0.2) is 17.8 Å². The fourth-order valence-electron chi connectivity index (χ4n) is 3.08. The van der Waals surface area contributed by atoms with Crippen molar-refractivity contribution in [3.8, 4) is 5.75 Å². The van der Waals surface area contributed by atoms with Gasteiger partial charge in [-0.25, -0.2) is 0 Å². The van der Waals surface area contributed by atoms with Gasteiger partial charge in [0.05, 0.1) is 11.1 Å². The number of hydrogen-bond donors (Lipinski definition) is 1. The zero-order valence-electron chi connectivity index (χ0n) is 15.4. The number of amides is 2. The summed E-state index contributed by atoms with van der Waals surface area (Å²) in [5.74, 6) is -0.271. The van der Waals surface area contributed by atoms with Gasteiger partial charge in [0.2, 0.25) is 0 Å². The minimum absolute atomic E-state index is 0.0554. The third-order valence-corrected chi connectivity index (χ3v) is 4.73. The summed E-state index contributed by atoms with van der Waals surface area (Å²) >= 11 is 0. The van der Waals surface area contributed by atoms with Crippen LogP contribution in [-0.2, 0) is 11.2 Å². The van der Waals surface area contributed by atoms with E-state index in [0.29, 0.717) is 28.1 Å². The molecule has 2 amide bonds. The van der Waals surface area contributed by atoms with Crippen molar-refractivity contribution in [1.82, 2.24) is 0 Å². The third kappa shape index (κ3) is 3.11. The molecule has 0 saturated heterocycles. The highest BCUT2D eigenvalue weighted by Crippen LogP contribution is 2.33. The van der Waals surface area contributed by atoms with E-state index in [1.807, 2.05) is 13.0 Å². The molecule has 142 valence electrons. The summed E-state index contributed by atoms with van der Waals surface area (Å²) in [4.78, 5) is 38.1. The topological polar surface area (TPSA) is 88.8 Å². The van der Waals surface area contributed by atoms with Crippen LogP contribution in [0.1, 0.15) is 23.0 Å². The molecule has 3 aromatic rings. The van der Waals surface area contributed by atoms with Crippen LogP contribution in [0.15, 0.2) is 51.7 Å². The number of benzene rings is 2. The summed E-state index contributed by atoms with van der Waals surface area (Å²) in [5, 5.41) is 3.14. The van der Waals surface area contributed by atoms with E-state index < -0.39 is 5.91 Å². The molecule has 0 unspecified atom stereocenters.